The van der Waals surface area contributed by atoms with Gasteiger partial charge in [-0.15, -0.1) is 0 Å². The average molecular weight is 392 g/mol. The van der Waals surface area contributed by atoms with Crippen molar-refractivity contribution >= 4 is 17.4 Å². The van der Waals surface area contributed by atoms with E-state index >= 15 is 0 Å². The van der Waals surface area contributed by atoms with E-state index in [1.54, 1.807) is 16.8 Å². The molecule has 4 rings (SSSR count). The zero-order valence-corrected chi connectivity index (χ0v) is 15.1. The van der Waals surface area contributed by atoms with Gasteiger partial charge in [0.25, 0.3) is 0 Å². The highest BCUT2D eigenvalue weighted by Crippen LogP contribution is 2.36. The van der Waals surface area contributed by atoms with Crippen LogP contribution in [0.15, 0.2) is 48.5 Å². The van der Waals surface area contributed by atoms with E-state index in [4.69, 9.17) is 11.6 Å². The van der Waals surface area contributed by atoms with Gasteiger partial charge in [0.2, 0.25) is 0 Å². The number of benzene rings is 2. The van der Waals surface area contributed by atoms with Crippen molar-refractivity contribution < 1.29 is 13.2 Å². The summed E-state index contributed by atoms with van der Waals surface area (Å²) >= 11 is 6.13. The average Bonchev–Trinajstić information content (AvgIpc) is 2.82. The van der Waals surface area contributed by atoms with Crippen LogP contribution in [0.5, 0.6) is 0 Å². The largest absolute Gasteiger partial charge is 0.416 e. The van der Waals surface area contributed by atoms with Crippen molar-refractivity contribution in [2.24, 2.45) is 0 Å². The molecule has 0 saturated carbocycles. The predicted molar refractivity (Wildman–Crippen MR) is 100 cm³/mol. The van der Waals surface area contributed by atoms with Crippen LogP contribution < -0.4 is 5.32 Å². The van der Waals surface area contributed by atoms with Crippen molar-refractivity contribution in [1.82, 2.24) is 9.78 Å². The van der Waals surface area contributed by atoms with E-state index in [2.05, 4.69) is 10.4 Å². The smallest absolute Gasteiger partial charge is 0.370 e. The maximum atomic E-state index is 13.1. The normalized spacial score (nSPS) is 14.4. The SMILES string of the molecule is FC(F)(F)c1cccc(-n2nc(-c3cccc(Cl)c3)c3c2NCCCC3)c1. The molecule has 0 aliphatic carbocycles. The topological polar surface area (TPSA) is 29.9 Å². The Labute approximate surface area is 159 Å². The fraction of sp³-hybridized carbons (Fsp3) is 0.250. The van der Waals surface area contributed by atoms with Gasteiger partial charge in [-0.3, -0.25) is 0 Å². The Morgan fingerprint density at radius 3 is 2.63 bits per heavy atom. The molecule has 7 heteroatoms. The molecule has 1 aromatic heterocycles. The summed E-state index contributed by atoms with van der Waals surface area (Å²) in [4.78, 5) is 0. The lowest BCUT2D eigenvalue weighted by atomic mass is 10.0. The first kappa shape index (κ1) is 17.9. The fourth-order valence-corrected chi connectivity index (χ4v) is 3.56. The number of aromatic nitrogens is 2. The predicted octanol–water partition coefficient (Wildman–Crippen LogP) is 5.96. The minimum Gasteiger partial charge on any atom is -0.370 e. The number of hydrogen-bond donors (Lipinski definition) is 1. The Balaban J connectivity index is 1.89. The summed E-state index contributed by atoms with van der Waals surface area (Å²) < 4.78 is 41.0. The number of nitrogens with one attached hydrogen (secondary N) is 1. The molecular weight excluding hydrogens is 375 g/mol. The van der Waals surface area contributed by atoms with Crippen LogP contribution in [0.3, 0.4) is 0 Å². The van der Waals surface area contributed by atoms with Gasteiger partial charge in [-0.2, -0.15) is 18.3 Å². The van der Waals surface area contributed by atoms with Gasteiger partial charge in [0.05, 0.1) is 16.9 Å². The van der Waals surface area contributed by atoms with Crippen LogP contribution in [-0.2, 0) is 12.6 Å². The Bertz CT molecular complexity index is 979. The fourth-order valence-electron chi connectivity index (χ4n) is 3.37. The Morgan fingerprint density at radius 2 is 1.85 bits per heavy atom. The van der Waals surface area contributed by atoms with E-state index in [9.17, 15) is 13.2 Å². The summed E-state index contributed by atoms with van der Waals surface area (Å²) in [6.07, 6.45) is -1.61. The first-order valence-electron chi connectivity index (χ1n) is 8.73. The van der Waals surface area contributed by atoms with Crippen LogP contribution >= 0.6 is 11.6 Å². The molecule has 0 fully saturated rings. The lowest BCUT2D eigenvalue weighted by molar-refractivity contribution is -0.137. The zero-order chi connectivity index (χ0) is 19.0. The molecule has 0 unspecified atom stereocenters. The highest BCUT2D eigenvalue weighted by molar-refractivity contribution is 6.30. The van der Waals surface area contributed by atoms with E-state index in [-0.39, 0.29) is 0 Å². The van der Waals surface area contributed by atoms with Gasteiger partial charge in [0.1, 0.15) is 5.82 Å². The molecule has 1 aliphatic heterocycles. The third-order valence-electron chi connectivity index (χ3n) is 4.65. The van der Waals surface area contributed by atoms with Gasteiger partial charge in [-0.25, -0.2) is 4.68 Å². The Morgan fingerprint density at radius 1 is 1.04 bits per heavy atom. The second-order valence-corrected chi connectivity index (χ2v) is 6.97. The molecule has 3 nitrogen and oxygen atoms in total. The van der Waals surface area contributed by atoms with E-state index < -0.39 is 11.7 Å². The van der Waals surface area contributed by atoms with Crippen LogP contribution in [-0.4, -0.2) is 16.3 Å². The summed E-state index contributed by atoms with van der Waals surface area (Å²) in [6.45, 7) is 0.757. The number of nitrogens with zero attached hydrogens (tertiary/aromatic N) is 2. The minimum absolute atomic E-state index is 0.378. The lowest BCUT2D eigenvalue weighted by Crippen LogP contribution is -2.09. The molecule has 27 heavy (non-hydrogen) atoms. The molecule has 0 atom stereocenters. The van der Waals surface area contributed by atoms with Crippen LogP contribution in [0.25, 0.3) is 16.9 Å². The molecule has 2 aromatic carbocycles. The minimum atomic E-state index is -4.40. The quantitative estimate of drug-likeness (QED) is 0.584. The summed E-state index contributed by atoms with van der Waals surface area (Å²) in [5.41, 5.74) is 2.30. The van der Waals surface area contributed by atoms with Crippen molar-refractivity contribution in [1.29, 1.82) is 0 Å². The van der Waals surface area contributed by atoms with Crippen LogP contribution in [0, 0.1) is 0 Å². The number of fused-ring (bicyclic) bond motifs is 1. The van der Waals surface area contributed by atoms with Crippen molar-refractivity contribution in [2.75, 3.05) is 11.9 Å². The van der Waals surface area contributed by atoms with Crippen molar-refractivity contribution in [3.05, 3.63) is 64.7 Å². The van der Waals surface area contributed by atoms with Crippen LogP contribution in [0.1, 0.15) is 24.0 Å². The molecule has 3 aromatic rings. The summed E-state index contributed by atoms with van der Waals surface area (Å²) in [5.74, 6) is 0.752. The number of halogens is 4. The molecule has 2 heterocycles. The molecule has 1 N–H and O–H groups in total. The Hall–Kier alpha value is -2.47. The Kier molecular flexibility index (Phi) is 4.60. The van der Waals surface area contributed by atoms with Gasteiger partial charge in [-0.05, 0) is 49.6 Å². The third kappa shape index (κ3) is 3.54. The molecule has 1 aliphatic rings. The molecule has 140 valence electrons. The number of rotatable bonds is 2. The van der Waals surface area contributed by atoms with Gasteiger partial charge in [0, 0.05) is 22.7 Å². The highest BCUT2D eigenvalue weighted by atomic mass is 35.5. The van der Waals surface area contributed by atoms with E-state index in [0.717, 1.165) is 60.6 Å². The van der Waals surface area contributed by atoms with Crippen molar-refractivity contribution in [2.45, 2.75) is 25.4 Å². The number of hydrogen-bond acceptors (Lipinski definition) is 2. The van der Waals surface area contributed by atoms with Gasteiger partial charge in [-0.1, -0.05) is 29.8 Å². The molecule has 0 saturated heterocycles. The van der Waals surface area contributed by atoms with Gasteiger partial charge < -0.3 is 5.32 Å². The maximum absolute atomic E-state index is 13.1. The van der Waals surface area contributed by atoms with Gasteiger partial charge >= 0.3 is 6.18 Å². The molecule has 0 bridgehead atoms. The van der Waals surface area contributed by atoms with E-state index in [1.165, 1.54) is 6.07 Å². The van der Waals surface area contributed by atoms with Crippen LogP contribution in [0.4, 0.5) is 19.0 Å². The van der Waals surface area contributed by atoms with Crippen molar-refractivity contribution in [3.8, 4) is 16.9 Å². The first-order valence-corrected chi connectivity index (χ1v) is 9.10. The summed E-state index contributed by atoms with van der Waals surface area (Å²) in [7, 11) is 0. The van der Waals surface area contributed by atoms with E-state index in [1.807, 2.05) is 18.2 Å². The van der Waals surface area contributed by atoms with Crippen molar-refractivity contribution in [3.63, 3.8) is 0 Å². The molecule has 0 radical (unpaired) electrons. The second kappa shape index (κ2) is 6.93. The lowest BCUT2D eigenvalue weighted by Gasteiger charge is -2.12. The maximum Gasteiger partial charge on any atom is 0.416 e. The molecule has 0 amide bonds. The molecule has 0 spiro atoms. The van der Waals surface area contributed by atoms with Crippen LogP contribution in [0.2, 0.25) is 5.02 Å². The number of anilines is 1. The van der Waals surface area contributed by atoms with Gasteiger partial charge in [0.15, 0.2) is 0 Å². The molecular formula is C20H17ClF3N3. The highest BCUT2D eigenvalue weighted by Gasteiger charge is 2.31. The number of alkyl halides is 3. The monoisotopic (exact) mass is 391 g/mol. The summed E-state index contributed by atoms with van der Waals surface area (Å²) in [6, 6.07) is 12.6. The second-order valence-electron chi connectivity index (χ2n) is 6.53. The first-order chi connectivity index (χ1) is 12.9. The third-order valence-corrected chi connectivity index (χ3v) is 4.88. The van der Waals surface area contributed by atoms with E-state index in [0.29, 0.717) is 10.7 Å². The summed E-state index contributed by atoms with van der Waals surface area (Å²) in [5, 5.41) is 8.60. The zero-order valence-electron chi connectivity index (χ0n) is 14.4. The standard InChI is InChI=1S/C20H17ClF3N3/c21-15-7-3-5-13(11-15)18-17-9-1-2-10-25-19(17)27(26-18)16-8-4-6-14(12-16)20(22,23)24/h3-8,11-12,25H,1-2,9-10H2.